The molecule has 2 aromatic rings. The first-order valence-electron chi connectivity index (χ1n) is 7.42. The van der Waals surface area contributed by atoms with Gasteiger partial charge in [0.1, 0.15) is 23.1 Å². The fourth-order valence-electron chi connectivity index (χ4n) is 2.24. The topological polar surface area (TPSA) is 110 Å². The lowest BCUT2D eigenvalue weighted by Gasteiger charge is -2.15. The molecular weight excluding hydrogens is 368 g/mol. The lowest BCUT2D eigenvalue weighted by Crippen LogP contribution is -2.23. The summed E-state index contributed by atoms with van der Waals surface area (Å²) in [6.45, 7) is 2.00. The van der Waals surface area contributed by atoms with E-state index in [2.05, 4.69) is 15.4 Å². The molecule has 0 bridgehead atoms. The molecule has 0 spiro atoms. The number of alkyl halides is 2. The third-order valence-electron chi connectivity index (χ3n) is 3.40. The zero-order valence-electron chi connectivity index (χ0n) is 14.3. The number of ether oxygens (including phenoxy) is 1. The molecule has 0 fully saturated rings. The van der Waals surface area contributed by atoms with Crippen LogP contribution in [0.3, 0.4) is 0 Å². The van der Waals surface area contributed by atoms with Crippen molar-refractivity contribution < 1.29 is 21.9 Å². The number of nitrogens with zero attached hydrogens (tertiary/aromatic N) is 4. The highest BCUT2D eigenvalue weighted by molar-refractivity contribution is 7.90. The van der Waals surface area contributed by atoms with Crippen LogP contribution in [0.4, 0.5) is 14.6 Å². The van der Waals surface area contributed by atoms with Gasteiger partial charge in [-0.2, -0.15) is 15.0 Å². The average Bonchev–Trinajstić information content (AvgIpc) is 2.93. The predicted octanol–water partition coefficient (Wildman–Crippen LogP) is 1.93. The number of hydrogen-bond donors (Lipinski definition) is 1. The maximum Gasteiger partial charge on any atom is 0.283 e. The van der Waals surface area contributed by atoms with Gasteiger partial charge < -0.3 is 10.1 Å². The highest BCUT2D eigenvalue weighted by Gasteiger charge is 2.26. The van der Waals surface area contributed by atoms with Crippen molar-refractivity contribution in [2.45, 2.75) is 24.3 Å². The Balaban J connectivity index is 2.58. The van der Waals surface area contributed by atoms with Crippen molar-refractivity contribution in [2.24, 2.45) is 0 Å². The van der Waals surface area contributed by atoms with Gasteiger partial charge >= 0.3 is 0 Å². The minimum absolute atomic E-state index is 0.0229. The maximum atomic E-state index is 13.3. The van der Waals surface area contributed by atoms with Crippen molar-refractivity contribution in [3.63, 3.8) is 0 Å². The van der Waals surface area contributed by atoms with Crippen LogP contribution in [-0.4, -0.2) is 49.2 Å². The smallest absolute Gasteiger partial charge is 0.283 e. The number of pyridine rings is 1. The molecule has 2 heterocycles. The van der Waals surface area contributed by atoms with Gasteiger partial charge in [0.25, 0.3) is 6.43 Å². The number of sulfone groups is 1. The molecule has 8 nitrogen and oxygen atoms in total. The van der Waals surface area contributed by atoms with Gasteiger partial charge in [0.2, 0.25) is 0 Å². The van der Waals surface area contributed by atoms with E-state index in [1.807, 2.05) is 0 Å². The lowest BCUT2D eigenvalue weighted by atomic mass is 10.2. The molecule has 140 valence electrons. The van der Waals surface area contributed by atoms with E-state index in [1.54, 1.807) is 13.0 Å². The minimum atomic E-state index is -3.46. The molecule has 0 aromatic carbocycles. The van der Waals surface area contributed by atoms with Crippen LogP contribution in [0.5, 0.6) is 0 Å². The third-order valence-corrected chi connectivity index (χ3v) is 4.49. The van der Waals surface area contributed by atoms with Gasteiger partial charge in [-0.25, -0.2) is 22.2 Å². The van der Waals surface area contributed by atoms with Crippen LogP contribution >= 0.6 is 0 Å². The van der Waals surface area contributed by atoms with Gasteiger partial charge in [-0.3, -0.25) is 0 Å². The monoisotopic (exact) mass is 385 g/mol. The molecule has 1 N–H and O–H groups in total. The number of aromatic nitrogens is 3. The van der Waals surface area contributed by atoms with E-state index in [0.717, 1.165) is 17.1 Å². The first kappa shape index (κ1) is 19.7. The Morgan fingerprint density at radius 2 is 2.12 bits per heavy atom. The largest absolute Gasteiger partial charge is 0.383 e. The molecular formula is C15H17F2N5O3S. The molecule has 0 saturated carbocycles. The van der Waals surface area contributed by atoms with Gasteiger partial charge in [-0.15, -0.1) is 0 Å². The van der Waals surface area contributed by atoms with E-state index in [4.69, 9.17) is 4.74 Å². The number of nitrogens with one attached hydrogen (secondary N) is 1. The first-order chi connectivity index (χ1) is 12.2. The summed E-state index contributed by atoms with van der Waals surface area (Å²) in [4.78, 5) is 3.95. The highest BCUT2D eigenvalue weighted by Crippen LogP contribution is 2.29. The van der Waals surface area contributed by atoms with Crippen LogP contribution in [0.25, 0.3) is 5.82 Å². The van der Waals surface area contributed by atoms with Gasteiger partial charge in [0.05, 0.1) is 11.5 Å². The van der Waals surface area contributed by atoms with Crippen LogP contribution in [0.1, 0.15) is 24.6 Å². The SMILES string of the molecule is COCC(C)Nc1c(C#N)c(C(F)F)nn1-c1ccc(S(C)(=O)=O)cn1. The van der Waals surface area contributed by atoms with E-state index >= 15 is 0 Å². The molecule has 2 aromatic heterocycles. The summed E-state index contributed by atoms with van der Waals surface area (Å²) in [5.41, 5.74) is -0.995. The summed E-state index contributed by atoms with van der Waals surface area (Å²) < 4.78 is 55.6. The number of rotatable bonds is 7. The fraction of sp³-hybridized carbons (Fsp3) is 0.400. The van der Waals surface area contributed by atoms with Crippen molar-refractivity contribution in [3.05, 3.63) is 29.6 Å². The van der Waals surface area contributed by atoms with Crippen LogP contribution in [0.15, 0.2) is 23.2 Å². The molecule has 0 amide bonds. The molecule has 0 saturated heterocycles. The zero-order valence-corrected chi connectivity index (χ0v) is 15.1. The molecule has 1 unspecified atom stereocenters. The Kier molecular flexibility index (Phi) is 5.89. The Hall–Kier alpha value is -2.58. The standard InChI is InChI=1S/C15H17F2N5O3S/c1-9(8-25-2)20-15-11(6-18)13(14(16)17)21-22(15)12-5-4-10(7-19-12)26(3,23)24/h4-5,7,9,14,20H,8H2,1-3H3. The number of hydrogen-bond acceptors (Lipinski definition) is 7. The molecule has 0 aliphatic carbocycles. The van der Waals surface area contributed by atoms with Crippen molar-refractivity contribution >= 4 is 15.7 Å². The summed E-state index contributed by atoms with van der Waals surface area (Å²) in [5, 5.41) is 16.0. The van der Waals surface area contributed by atoms with Crippen molar-refractivity contribution in [2.75, 3.05) is 25.3 Å². The molecule has 0 aliphatic heterocycles. The number of halogens is 2. The highest BCUT2D eigenvalue weighted by atomic mass is 32.2. The normalized spacial score (nSPS) is 12.8. The second kappa shape index (κ2) is 7.76. The summed E-state index contributed by atoms with van der Waals surface area (Å²) in [5.74, 6) is 0.125. The molecule has 1 atom stereocenters. The summed E-state index contributed by atoms with van der Waals surface area (Å²) in [7, 11) is -1.97. The van der Waals surface area contributed by atoms with Crippen LogP contribution < -0.4 is 5.32 Å². The number of nitriles is 1. The minimum Gasteiger partial charge on any atom is -0.383 e. The quantitative estimate of drug-likeness (QED) is 0.775. The molecule has 11 heteroatoms. The van der Waals surface area contributed by atoms with E-state index < -0.39 is 22.0 Å². The van der Waals surface area contributed by atoms with Crippen molar-refractivity contribution in [1.29, 1.82) is 5.26 Å². The first-order valence-corrected chi connectivity index (χ1v) is 9.31. The van der Waals surface area contributed by atoms with Crippen LogP contribution in [0, 0.1) is 11.3 Å². The Morgan fingerprint density at radius 3 is 2.58 bits per heavy atom. The van der Waals surface area contributed by atoms with Crippen molar-refractivity contribution in [1.82, 2.24) is 14.8 Å². The van der Waals surface area contributed by atoms with E-state index in [9.17, 15) is 22.5 Å². The van der Waals surface area contributed by atoms with Crippen molar-refractivity contribution in [3.8, 4) is 11.9 Å². The van der Waals surface area contributed by atoms with E-state index in [0.29, 0.717) is 0 Å². The second-order valence-corrected chi connectivity index (χ2v) is 7.57. The summed E-state index contributed by atoms with van der Waals surface area (Å²) in [6.07, 6.45) is -0.831. The predicted molar refractivity (Wildman–Crippen MR) is 89.1 cm³/mol. The molecule has 0 radical (unpaired) electrons. The molecule has 0 aliphatic rings. The lowest BCUT2D eigenvalue weighted by molar-refractivity contribution is 0.145. The third kappa shape index (κ3) is 4.14. The van der Waals surface area contributed by atoms with Gasteiger partial charge in [0, 0.05) is 25.6 Å². The second-order valence-electron chi connectivity index (χ2n) is 5.56. The van der Waals surface area contributed by atoms with Crippen LogP contribution in [-0.2, 0) is 14.6 Å². The van der Waals surface area contributed by atoms with Crippen LogP contribution in [0.2, 0.25) is 0 Å². The van der Waals surface area contributed by atoms with Gasteiger partial charge in [0.15, 0.2) is 15.7 Å². The summed E-state index contributed by atoms with van der Waals surface area (Å²) >= 11 is 0. The van der Waals surface area contributed by atoms with E-state index in [-0.39, 0.29) is 34.7 Å². The summed E-state index contributed by atoms with van der Waals surface area (Å²) in [6, 6.07) is 4.04. The average molecular weight is 385 g/mol. The van der Waals surface area contributed by atoms with Gasteiger partial charge in [-0.05, 0) is 19.1 Å². The maximum absolute atomic E-state index is 13.3. The zero-order chi connectivity index (χ0) is 19.5. The Morgan fingerprint density at radius 1 is 1.42 bits per heavy atom. The Labute approximate surface area is 149 Å². The Bertz CT molecular complexity index is 920. The van der Waals surface area contributed by atoms with Gasteiger partial charge in [-0.1, -0.05) is 0 Å². The van der Waals surface area contributed by atoms with E-state index in [1.165, 1.54) is 19.2 Å². The number of anilines is 1. The fourth-order valence-corrected chi connectivity index (χ4v) is 2.80. The molecule has 2 rings (SSSR count). The molecule has 26 heavy (non-hydrogen) atoms. The number of methoxy groups -OCH3 is 1.